The molecule has 1 amide bonds. The molecule has 6 heteroatoms. The SMILES string of the molecule is CCc1ccc(C(=O)Nc2cc(Cl)nc(Cl)n2)cc1. The molecule has 0 aliphatic heterocycles. The summed E-state index contributed by atoms with van der Waals surface area (Å²) >= 11 is 11.4. The number of nitrogens with one attached hydrogen (secondary N) is 1. The lowest BCUT2D eigenvalue weighted by Gasteiger charge is -2.05. The number of aromatic nitrogens is 2. The quantitative estimate of drug-likeness (QED) is 0.695. The zero-order valence-corrected chi connectivity index (χ0v) is 11.7. The van der Waals surface area contributed by atoms with Crippen molar-refractivity contribution in [2.75, 3.05) is 5.32 Å². The summed E-state index contributed by atoms with van der Waals surface area (Å²) in [7, 11) is 0. The molecule has 0 spiro atoms. The Hall–Kier alpha value is -1.65. The van der Waals surface area contributed by atoms with Crippen molar-refractivity contribution in [3.8, 4) is 0 Å². The number of anilines is 1. The summed E-state index contributed by atoms with van der Waals surface area (Å²) in [5.41, 5.74) is 1.72. The van der Waals surface area contributed by atoms with Crippen LogP contribution in [0.15, 0.2) is 30.3 Å². The molecule has 19 heavy (non-hydrogen) atoms. The van der Waals surface area contributed by atoms with Crippen molar-refractivity contribution in [1.82, 2.24) is 9.97 Å². The van der Waals surface area contributed by atoms with Gasteiger partial charge in [0.2, 0.25) is 5.28 Å². The van der Waals surface area contributed by atoms with Crippen molar-refractivity contribution < 1.29 is 4.79 Å². The third-order valence-corrected chi connectivity index (χ3v) is 2.90. The van der Waals surface area contributed by atoms with Crippen LogP contribution in [-0.4, -0.2) is 15.9 Å². The Morgan fingerprint density at radius 1 is 1.21 bits per heavy atom. The van der Waals surface area contributed by atoms with E-state index in [1.54, 1.807) is 12.1 Å². The van der Waals surface area contributed by atoms with E-state index in [1.807, 2.05) is 12.1 Å². The zero-order chi connectivity index (χ0) is 13.8. The molecule has 0 unspecified atom stereocenters. The molecular weight excluding hydrogens is 285 g/mol. The summed E-state index contributed by atoms with van der Waals surface area (Å²) in [5, 5.41) is 2.79. The maximum absolute atomic E-state index is 12.0. The smallest absolute Gasteiger partial charge is 0.256 e. The van der Waals surface area contributed by atoms with Crippen LogP contribution in [0, 0.1) is 0 Å². The van der Waals surface area contributed by atoms with E-state index >= 15 is 0 Å². The molecule has 0 fully saturated rings. The number of benzene rings is 1. The lowest BCUT2D eigenvalue weighted by molar-refractivity contribution is 0.102. The van der Waals surface area contributed by atoms with E-state index in [0.29, 0.717) is 5.56 Å². The fourth-order valence-corrected chi connectivity index (χ4v) is 1.94. The second-order valence-corrected chi connectivity index (χ2v) is 4.57. The number of rotatable bonds is 3. The molecular formula is C13H11Cl2N3O. The minimum absolute atomic E-state index is 0.0101. The first kappa shape index (κ1) is 13.8. The number of aryl methyl sites for hydroxylation is 1. The first-order chi connectivity index (χ1) is 9.08. The Balaban J connectivity index is 2.15. The van der Waals surface area contributed by atoms with Crippen LogP contribution < -0.4 is 5.32 Å². The second-order valence-electron chi connectivity index (χ2n) is 3.85. The van der Waals surface area contributed by atoms with Gasteiger partial charge in [-0.05, 0) is 35.7 Å². The maximum Gasteiger partial charge on any atom is 0.256 e. The van der Waals surface area contributed by atoms with Crippen molar-refractivity contribution in [2.24, 2.45) is 0 Å². The number of nitrogens with zero attached hydrogens (tertiary/aromatic N) is 2. The predicted octanol–water partition coefficient (Wildman–Crippen LogP) is 3.60. The van der Waals surface area contributed by atoms with Crippen molar-refractivity contribution in [1.29, 1.82) is 0 Å². The highest BCUT2D eigenvalue weighted by Gasteiger charge is 2.08. The fourth-order valence-electron chi connectivity index (χ4n) is 1.53. The molecule has 4 nitrogen and oxygen atoms in total. The number of hydrogen-bond acceptors (Lipinski definition) is 3. The third kappa shape index (κ3) is 3.66. The molecule has 1 aromatic heterocycles. The molecule has 1 heterocycles. The average Bonchev–Trinajstić information content (AvgIpc) is 2.37. The summed E-state index contributed by atoms with van der Waals surface area (Å²) in [5.74, 6) is 0.00283. The van der Waals surface area contributed by atoms with Gasteiger partial charge in [0, 0.05) is 11.6 Å². The molecule has 0 radical (unpaired) electrons. The highest BCUT2D eigenvalue weighted by atomic mass is 35.5. The molecule has 1 aromatic carbocycles. The van der Waals surface area contributed by atoms with E-state index in [1.165, 1.54) is 11.6 Å². The molecule has 2 aromatic rings. The molecule has 0 atom stereocenters. The van der Waals surface area contributed by atoms with Gasteiger partial charge in [-0.3, -0.25) is 4.79 Å². The van der Waals surface area contributed by atoms with Gasteiger partial charge in [0.15, 0.2) is 0 Å². The van der Waals surface area contributed by atoms with Crippen LogP contribution >= 0.6 is 23.2 Å². The van der Waals surface area contributed by atoms with Crippen LogP contribution in [0.4, 0.5) is 5.82 Å². The average molecular weight is 296 g/mol. The first-order valence-electron chi connectivity index (χ1n) is 5.69. The Bertz CT molecular complexity index is 579. The molecule has 0 saturated carbocycles. The largest absolute Gasteiger partial charge is 0.306 e. The van der Waals surface area contributed by atoms with Gasteiger partial charge in [0.25, 0.3) is 5.91 Å². The number of carbonyl (C=O) groups is 1. The van der Waals surface area contributed by atoms with Crippen molar-refractivity contribution in [2.45, 2.75) is 13.3 Å². The predicted molar refractivity (Wildman–Crippen MR) is 75.8 cm³/mol. The normalized spacial score (nSPS) is 10.3. The van der Waals surface area contributed by atoms with Gasteiger partial charge in [-0.15, -0.1) is 0 Å². The summed E-state index contributed by atoms with van der Waals surface area (Å²) in [4.78, 5) is 19.6. The summed E-state index contributed by atoms with van der Waals surface area (Å²) in [6.07, 6.45) is 0.930. The highest BCUT2D eigenvalue weighted by molar-refractivity contribution is 6.32. The number of halogens is 2. The number of hydrogen-bond donors (Lipinski definition) is 1. The van der Waals surface area contributed by atoms with Gasteiger partial charge >= 0.3 is 0 Å². The van der Waals surface area contributed by atoms with E-state index in [2.05, 4.69) is 22.2 Å². The molecule has 0 saturated heterocycles. The first-order valence-corrected chi connectivity index (χ1v) is 6.44. The van der Waals surface area contributed by atoms with E-state index in [9.17, 15) is 4.79 Å². The van der Waals surface area contributed by atoms with Crippen molar-refractivity contribution in [3.05, 3.63) is 51.9 Å². The lowest BCUT2D eigenvalue weighted by Crippen LogP contribution is -2.13. The van der Waals surface area contributed by atoms with Crippen LogP contribution in [0.5, 0.6) is 0 Å². The summed E-state index contributed by atoms with van der Waals surface area (Å²) < 4.78 is 0. The van der Waals surface area contributed by atoms with Gasteiger partial charge < -0.3 is 5.32 Å². The minimum atomic E-state index is -0.270. The molecule has 0 aliphatic carbocycles. The Labute approximate surface area is 120 Å². The summed E-state index contributed by atoms with van der Waals surface area (Å²) in [6.45, 7) is 2.06. The van der Waals surface area contributed by atoms with Gasteiger partial charge in [0.1, 0.15) is 11.0 Å². The Morgan fingerprint density at radius 2 is 1.89 bits per heavy atom. The van der Waals surface area contributed by atoms with Crippen LogP contribution in [-0.2, 0) is 6.42 Å². The Morgan fingerprint density at radius 3 is 2.47 bits per heavy atom. The van der Waals surface area contributed by atoms with Crippen molar-refractivity contribution >= 4 is 34.9 Å². The van der Waals surface area contributed by atoms with Crippen molar-refractivity contribution in [3.63, 3.8) is 0 Å². The van der Waals surface area contributed by atoms with Crippen LogP contribution in [0.25, 0.3) is 0 Å². The zero-order valence-electron chi connectivity index (χ0n) is 10.2. The van der Waals surface area contributed by atoms with Gasteiger partial charge in [-0.25, -0.2) is 9.97 Å². The standard InChI is InChI=1S/C13H11Cl2N3O/c1-2-8-3-5-9(6-4-8)12(19)17-11-7-10(14)16-13(15)18-11/h3-7H,2H2,1H3,(H,16,17,18,19). The van der Waals surface area contributed by atoms with Gasteiger partial charge in [-0.1, -0.05) is 30.7 Å². The molecule has 0 bridgehead atoms. The van der Waals surface area contributed by atoms with Gasteiger partial charge in [0.05, 0.1) is 0 Å². The van der Waals surface area contributed by atoms with E-state index in [0.717, 1.165) is 6.42 Å². The van der Waals surface area contributed by atoms with E-state index in [-0.39, 0.29) is 22.2 Å². The maximum atomic E-state index is 12.0. The lowest BCUT2D eigenvalue weighted by atomic mass is 10.1. The van der Waals surface area contributed by atoms with Crippen LogP contribution in [0.1, 0.15) is 22.8 Å². The monoisotopic (exact) mass is 295 g/mol. The number of carbonyl (C=O) groups excluding carboxylic acids is 1. The molecule has 0 aliphatic rings. The Kier molecular flexibility index (Phi) is 4.35. The topological polar surface area (TPSA) is 54.9 Å². The van der Waals surface area contributed by atoms with Crippen LogP contribution in [0.2, 0.25) is 10.4 Å². The molecule has 2 rings (SSSR count). The summed E-state index contributed by atoms with van der Waals surface area (Å²) in [6, 6.07) is 8.78. The van der Waals surface area contributed by atoms with Gasteiger partial charge in [-0.2, -0.15) is 0 Å². The van der Waals surface area contributed by atoms with E-state index < -0.39 is 0 Å². The number of amides is 1. The van der Waals surface area contributed by atoms with E-state index in [4.69, 9.17) is 23.2 Å². The fraction of sp³-hybridized carbons (Fsp3) is 0.154. The highest BCUT2D eigenvalue weighted by Crippen LogP contribution is 2.15. The third-order valence-electron chi connectivity index (χ3n) is 2.53. The second kappa shape index (κ2) is 5.99. The van der Waals surface area contributed by atoms with Crippen LogP contribution in [0.3, 0.4) is 0 Å². The molecule has 98 valence electrons. The minimum Gasteiger partial charge on any atom is -0.306 e. The molecule has 1 N–H and O–H groups in total.